The van der Waals surface area contributed by atoms with E-state index >= 15 is 0 Å². The molecule has 0 unspecified atom stereocenters. The summed E-state index contributed by atoms with van der Waals surface area (Å²) in [6.07, 6.45) is 3.74. The summed E-state index contributed by atoms with van der Waals surface area (Å²) >= 11 is 0. The Balaban J connectivity index is 2.18. The fourth-order valence-electron chi connectivity index (χ4n) is 2.88. The maximum atomic E-state index is 5.56. The summed E-state index contributed by atoms with van der Waals surface area (Å²) in [4.78, 5) is 0. The van der Waals surface area contributed by atoms with Gasteiger partial charge in [-0.3, -0.25) is 0 Å². The molecule has 0 saturated carbocycles. The van der Waals surface area contributed by atoms with Crippen LogP contribution in [0.2, 0.25) is 0 Å². The molecule has 1 N–H and O–H groups in total. The number of hydrogen-bond donors (Lipinski definition) is 1. The third-order valence-corrected chi connectivity index (χ3v) is 3.67. The molecule has 2 rings (SSSR count). The molecule has 0 aromatic heterocycles. The molecule has 1 aliphatic rings. The largest absolute Gasteiger partial charge is 0.496 e. The fraction of sp³-hybridized carbons (Fsp3) is 0.600. The minimum Gasteiger partial charge on any atom is -0.496 e. The SMILES string of the molecule is COc1c(C)cc(C)cc1CC1CCNCC1. The van der Waals surface area contributed by atoms with Crippen molar-refractivity contribution >= 4 is 0 Å². The molecule has 17 heavy (non-hydrogen) atoms. The van der Waals surface area contributed by atoms with E-state index in [9.17, 15) is 0 Å². The number of piperidine rings is 1. The van der Waals surface area contributed by atoms with Gasteiger partial charge in [0.1, 0.15) is 5.75 Å². The first kappa shape index (κ1) is 12.4. The molecule has 2 heteroatoms. The summed E-state index contributed by atoms with van der Waals surface area (Å²) < 4.78 is 5.56. The van der Waals surface area contributed by atoms with Gasteiger partial charge in [-0.25, -0.2) is 0 Å². The van der Waals surface area contributed by atoms with Gasteiger partial charge in [0.25, 0.3) is 0 Å². The average Bonchev–Trinajstić information content (AvgIpc) is 2.30. The Kier molecular flexibility index (Phi) is 4.06. The summed E-state index contributed by atoms with van der Waals surface area (Å²) in [5.74, 6) is 1.90. The lowest BCUT2D eigenvalue weighted by Crippen LogP contribution is -2.28. The number of benzene rings is 1. The van der Waals surface area contributed by atoms with E-state index in [0.29, 0.717) is 0 Å². The number of ether oxygens (including phenoxy) is 1. The first-order valence-corrected chi connectivity index (χ1v) is 6.55. The van der Waals surface area contributed by atoms with Crippen LogP contribution in [0.3, 0.4) is 0 Å². The lowest BCUT2D eigenvalue weighted by atomic mass is 9.89. The van der Waals surface area contributed by atoms with Crippen LogP contribution in [0, 0.1) is 19.8 Å². The van der Waals surface area contributed by atoms with E-state index in [1.165, 1.54) is 29.5 Å². The number of rotatable bonds is 3. The lowest BCUT2D eigenvalue weighted by molar-refractivity contribution is 0.360. The molecule has 1 heterocycles. The molecule has 0 spiro atoms. The van der Waals surface area contributed by atoms with Crippen LogP contribution in [0.4, 0.5) is 0 Å². The van der Waals surface area contributed by atoms with E-state index in [-0.39, 0.29) is 0 Å². The Morgan fingerprint density at radius 2 is 1.94 bits per heavy atom. The van der Waals surface area contributed by atoms with Gasteiger partial charge < -0.3 is 10.1 Å². The molecule has 0 bridgehead atoms. The topological polar surface area (TPSA) is 21.3 Å². The highest BCUT2D eigenvalue weighted by Gasteiger charge is 2.16. The van der Waals surface area contributed by atoms with Crippen molar-refractivity contribution in [3.8, 4) is 5.75 Å². The van der Waals surface area contributed by atoms with Crippen molar-refractivity contribution in [3.05, 3.63) is 28.8 Å². The fourth-order valence-corrected chi connectivity index (χ4v) is 2.88. The van der Waals surface area contributed by atoms with Crippen LogP contribution >= 0.6 is 0 Å². The molecule has 0 aliphatic carbocycles. The molecule has 0 amide bonds. The van der Waals surface area contributed by atoms with Crippen LogP contribution in [0.1, 0.15) is 29.5 Å². The third-order valence-electron chi connectivity index (χ3n) is 3.67. The van der Waals surface area contributed by atoms with Gasteiger partial charge >= 0.3 is 0 Å². The van der Waals surface area contributed by atoms with E-state index in [1.54, 1.807) is 7.11 Å². The van der Waals surface area contributed by atoms with Crippen molar-refractivity contribution in [2.24, 2.45) is 5.92 Å². The van der Waals surface area contributed by atoms with Crippen molar-refractivity contribution in [2.45, 2.75) is 33.1 Å². The predicted octanol–water partition coefficient (Wildman–Crippen LogP) is 2.85. The number of aryl methyl sites for hydroxylation is 2. The average molecular weight is 233 g/mol. The van der Waals surface area contributed by atoms with Gasteiger partial charge in [0.05, 0.1) is 7.11 Å². The first-order chi connectivity index (χ1) is 8.20. The summed E-state index contributed by atoms with van der Waals surface area (Å²) in [5, 5.41) is 3.42. The second kappa shape index (κ2) is 5.54. The van der Waals surface area contributed by atoms with Crippen LogP contribution in [0.25, 0.3) is 0 Å². The lowest BCUT2D eigenvalue weighted by Gasteiger charge is -2.24. The molecule has 94 valence electrons. The Bertz CT molecular complexity index is 381. The molecule has 1 saturated heterocycles. The quantitative estimate of drug-likeness (QED) is 0.867. The molecule has 0 atom stereocenters. The highest BCUT2D eigenvalue weighted by atomic mass is 16.5. The number of methoxy groups -OCH3 is 1. The van der Waals surface area contributed by atoms with Gasteiger partial charge in [-0.05, 0) is 63.2 Å². The van der Waals surface area contributed by atoms with Crippen LogP contribution in [0.15, 0.2) is 12.1 Å². The van der Waals surface area contributed by atoms with Gasteiger partial charge in [0, 0.05) is 0 Å². The molecular weight excluding hydrogens is 210 g/mol. The zero-order valence-corrected chi connectivity index (χ0v) is 11.2. The van der Waals surface area contributed by atoms with Crippen LogP contribution in [-0.4, -0.2) is 20.2 Å². The van der Waals surface area contributed by atoms with Crippen molar-refractivity contribution < 1.29 is 4.74 Å². The highest BCUT2D eigenvalue weighted by Crippen LogP contribution is 2.29. The highest BCUT2D eigenvalue weighted by molar-refractivity contribution is 5.44. The third kappa shape index (κ3) is 3.01. The Morgan fingerprint density at radius 1 is 1.24 bits per heavy atom. The van der Waals surface area contributed by atoms with E-state index in [4.69, 9.17) is 4.74 Å². The summed E-state index contributed by atoms with van der Waals surface area (Å²) in [5.41, 5.74) is 3.99. The van der Waals surface area contributed by atoms with E-state index < -0.39 is 0 Å². The monoisotopic (exact) mass is 233 g/mol. The second-order valence-corrected chi connectivity index (χ2v) is 5.17. The van der Waals surface area contributed by atoms with Gasteiger partial charge in [-0.1, -0.05) is 17.7 Å². The maximum Gasteiger partial charge on any atom is 0.124 e. The zero-order chi connectivity index (χ0) is 12.3. The standard InChI is InChI=1S/C15H23NO/c1-11-8-12(2)15(17-3)14(9-11)10-13-4-6-16-7-5-13/h8-9,13,16H,4-7,10H2,1-3H3. The van der Waals surface area contributed by atoms with E-state index in [1.807, 2.05) is 0 Å². The molecule has 1 fully saturated rings. The normalized spacial score (nSPS) is 17.1. The Hall–Kier alpha value is -1.02. The molecule has 1 aliphatic heterocycles. The van der Waals surface area contributed by atoms with Gasteiger partial charge in [0.15, 0.2) is 0 Å². The van der Waals surface area contributed by atoms with Gasteiger partial charge in [0.2, 0.25) is 0 Å². The van der Waals surface area contributed by atoms with Crippen molar-refractivity contribution in [1.29, 1.82) is 0 Å². The minimum atomic E-state index is 0.811. The molecular formula is C15H23NO. The Labute approximate surface area is 104 Å². The summed E-state index contributed by atoms with van der Waals surface area (Å²) in [7, 11) is 1.78. The van der Waals surface area contributed by atoms with Gasteiger partial charge in [-0.15, -0.1) is 0 Å². The van der Waals surface area contributed by atoms with Crippen molar-refractivity contribution in [2.75, 3.05) is 20.2 Å². The predicted molar refractivity (Wildman–Crippen MR) is 71.8 cm³/mol. The summed E-state index contributed by atoms with van der Waals surface area (Å²) in [6.45, 7) is 6.63. The molecule has 2 nitrogen and oxygen atoms in total. The van der Waals surface area contributed by atoms with Crippen molar-refractivity contribution in [3.63, 3.8) is 0 Å². The Morgan fingerprint density at radius 3 is 2.59 bits per heavy atom. The maximum absolute atomic E-state index is 5.56. The number of hydrogen-bond acceptors (Lipinski definition) is 2. The summed E-state index contributed by atoms with van der Waals surface area (Å²) in [6, 6.07) is 4.48. The first-order valence-electron chi connectivity index (χ1n) is 6.55. The zero-order valence-electron chi connectivity index (χ0n) is 11.2. The molecule has 0 radical (unpaired) electrons. The van der Waals surface area contributed by atoms with Crippen LogP contribution in [-0.2, 0) is 6.42 Å². The molecule has 1 aromatic rings. The minimum absolute atomic E-state index is 0.811. The van der Waals surface area contributed by atoms with Crippen LogP contribution < -0.4 is 10.1 Å². The second-order valence-electron chi connectivity index (χ2n) is 5.17. The van der Waals surface area contributed by atoms with E-state index in [2.05, 4.69) is 31.3 Å². The smallest absolute Gasteiger partial charge is 0.124 e. The van der Waals surface area contributed by atoms with Crippen molar-refractivity contribution in [1.82, 2.24) is 5.32 Å². The number of nitrogens with one attached hydrogen (secondary N) is 1. The van der Waals surface area contributed by atoms with E-state index in [0.717, 1.165) is 31.2 Å². The van der Waals surface area contributed by atoms with Gasteiger partial charge in [-0.2, -0.15) is 0 Å². The molecule has 1 aromatic carbocycles. The van der Waals surface area contributed by atoms with Crippen LogP contribution in [0.5, 0.6) is 5.75 Å².